The number of pyridine rings is 2. The van der Waals surface area contributed by atoms with Crippen LogP contribution in [-0.4, -0.2) is 29.0 Å². The molecule has 108 valence electrons. The molecular formula is C14H10N6O2. The van der Waals surface area contributed by atoms with Crippen LogP contribution < -0.4 is 0 Å². The first-order chi connectivity index (χ1) is 10.7. The molecule has 8 heteroatoms. The topological polar surface area (TPSA) is 99.8 Å². The fourth-order valence-corrected chi connectivity index (χ4v) is 2.22. The standard InChI is InChI=1S/C14H10N6O2/c21-13-11(19-7-3-1-5-9(19)15-13)17-18-12-14(22)16-10-6-2-4-8-20(10)12/h1-8,21-22H/b18-17+. The van der Waals surface area contributed by atoms with Crippen LogP contribution in [0.15, 0.2) is 59.0 Å². The third-order valence-electron chi connectivity index (χ3n) is 3.21. The summed E-state index contributed by atoms with van der Waals surface area (Å²) in [7, 11) is 0. The molecular weight excluding hydrogens is 284 g/mol. The number of nitrogens with zero attached hydrogens (tertiary/aromatic N) is 6. The lowest BCUT2D eigenvalue weighted by atomic mass is 10.5. The largest absolute Gasteiger partial charge is 0.491 e. The van der Waals surface area contributed by atoms with E-state index in [9.17, 15) is 10.2 Å². The molecule has 0 amide bonds. The van der Waals surface area contributed by atoms with E-state index < -0.39 is 0 Å². The molecule has 0 radical (unpaired) electrons. The second-order valence-corrected chi connectivity index (χ2v) is 4.58. The molecule has 0 aliphatic rings. The number of imidazole rings is 2. The van der Waals surface area contributed by atoms with Crippen molar-refractivity contribution in [2.45, 2.75) is 0 Å². The molecule has 0 fully saturated rings. The molecule has 2 N–H and O–H groups in total. The second kappa shape index (κ2) is 4.55. The Labute approximate surface area is 123 Å². The summed E-state index contributed by atoms with van der Waals surface area (Å²) in [5.41, 5.74) is 1.10. The van der Waals surface area contributed by atoms with Gasteiger partial charge >= 0.3 is 0 Å². The molecule has 0 atom stereocenters. The summed E-state index contributed by atoms with van der Waals surface area (Å²) in [5.74, 6) is -0.103. The van der Waals surface area contributed by atoms with Crippen molar-refractivity contribution in [2.75, 3.05) is 0 Å². The second-order valence-electron chi connectivity index (χ2n) is 4.58. The lowest BCUT2D eigenvalue weighted by Gasteiger charge is -1.96. The Hall–Kier alpha value is -3.42. The van der Waals surface area contributed by atoms with Crippen molar-refractivity contribution in [1.82, 2.24) is 18.8 Å². The molecule has 4 rings (SSSR count). The van der Waals surface area contributed by atoms with E-state index in [1.165, 1.54) is 0 Å². The first kappa shape index (κ1) is 12.3. The molecule has 22 heavy (non-hydrogen) atoms. The van der Waals surface area contributed by atoms with Crippen LogP contribution in [0, 0.1) is 0 Å². The van der Waals surface area contributed by atoms with Crippen LogP contribution in [0.1, 0.15) is 0 Å². The number of hydrogen-bond acceptors (Lipinski definition) is 6. The van der Waals surface area contributed by atoms with Gasteiger partial charge in [-0.05, 0) is 24.3 Å². The zero-order valence-corrected chi connectivity index (χ0v) is 11.2. The highest BCUT2D eigenvalue weighted by atomic mass is 16.3. The van der Waals surface area contributed by atoms with Gasteiger partial charge in [0, 0.05) is 12.4 Å². The van der Waals surface area contributed by atoms with Gasteiger partial charge < -0.3 is 10.2 Å². The number of aromatic nitrogens is 4. The molecule has 0 saturated heterocycles. The molecule has 0 aliphatic carbocycles. The highest BCUT2D eigenvalue weighted by molar-refractivity contribution is 5.57. The molecule has 4 heterocycles. The third-order valence-corrected chi connectivity index (χ3v) is 3.21. The van der Waals surface area contributed by atoms with Crippen molar-refractivity contribution in [3.63, 3.8) is 0 Å². The van der Waals surface area contributed by atoms with E-state index >= 15 is 0 Å². The van der Waals surface area contributed by atoms with Gasteiger partial charge in [-0.2, -0.15) is 9.97 Å². The fraction of sp³-hybridized carbons (Fsp3) is 0. The van der Waals surface area contributed by atoms with Crippen LogP contribution in [-0.2, 0) is 0 Å². The van der Waals surface area contributed by atoms with Crippen LogP contribution in [0.5, 0.6) is 11.8 Å². The smallest absolute Gasteiger partial charge is 0.259 e. The summed E-state index contributed by atoms with van der Waals surface area (Å²) in [6.07, 6.45) is 3.43. The minimum atomic E-state index is -0.233. The molecule has 4 aromatic rings. The summed E-state index contributed by atoms with van der Waals surface area (Å²) in [6, 6.07) is 10.7. The normalized spacial score (nSPS) is 11.8. The Balaban J connectivity index is 1.86. The molecule has 0 saturated carbocycles. The maximum atomic E-state index is 9.87. The van der Waals surface area contributed by atoms with E-state index in [0.29, 0.717) is 11.3 Å². The number of aromatic hydroxyl groups is 2. The third kappa shape index (κ3) is 1.78. The van der Waals surface area contributed by atoms with E-state index in [2.05, 4.69) is 20.2 Å². The molecule has 0 bridgehead atoms. The van der Waals surface area contributed by atoms with Crippen molar-refractivity contribution in [2.24, 2.45) is 10.2 Å². The first-order valence-electron chi connectivity index (χ1n) is 6.48. The fourth-order valence-electron chi connectivity index (χ4n) is 2.22. The number of azo groups is 1. The number of hydrogen-bond donors (Lipinski definition) is 2. The van der Waals surface area contributed by atoms with Crippen LogP contribution in [0.2, 0.25) is 0 Å². The zero-order valence-electron chi connectivity index (χ0n) is 11.2. The van der Waals surface area contributed by atoms with Crippen LogP contribution >= 0.6 is 0 Å². The molecule has 4 aromatic heterocycles. The van der Waals surface area contributed by atoms with Gasteiger partial charge in [0.15, 0.2) is 0 Å². The Morgan fingerprint density at radius 2 is 1.18 bits per heavy atom. The summed E-state index contributed by atoms with van der Waals surface area (Å²) in [4.78, 5) is 7.96. The van der Waals surface area contributed by atoms with E-state index in [1.807, 2.05) is 0 Å². The number of rotatable bonds is 2. The van der Waals surface area contributed by atoms with Gasteiger partial charge in [-0.3, -0.25) is 8.80 Å². The molecule has 0 unspecified atom stereocenters. The Morgan fingerprint density at radius 3 is 1.64 bits per heavy atom. The van der Waals surface area contributed by atoms with Crippen molar-refractivity contribution >= 4 is 22.9 Å². The van der Waals surface area contributed by atoms with Crippen molar-refractivity contribution < 1.29 is 10.2 Å². The molecule has 0 aromatic carbocycles. The maximum Gasteiger partial charge on any atom is 0.259 e. The van der Waals surface area contributed by atoms with Gasteiger partial charge in [0.05, 0.1) is 0 Å². The summed E-state index contributed by atoms with van der Waals surface area (Å²) in [6.45, 7) is 0. The van der Waals surface area contributed by atoms with Crippen LogP contribution in [0.3, 0.4) is 0 Å². The predicted octanol–water partition coefficient (Wildman–Crippen LogP) is 2.81. The van der Waals surface area contributed by atoms with Crippen LogP contribution in [0.4, 0.5) is 11.6 Å². The Bertz CT molecular complexity index is 935. The maximum absolute atomic E-state index is 9.87. The minimum Gasteiger partial charge on any atom is -0.491 e. The van der Waals surface area contributed by atoms with Gasteiger partial charge in [-0.1, -0.05) is 12.1 Å². The van der Waals surface area contributed by atoms with Gasteiger partial charge in [0.2, 0.25) is 11.6 Å². The average Bonchev–Trinajstić information content (AvgIpc) is 3.01. The SMILES string of the molecule is Oc1nc2ccccn2c1/N=N/c1c(O)nc2ccccn12. The van der Waals surface area contributed by atoms with E-state index in [4.69, 9.17) is 0 Å². The summed E-state index contributed by atoms with van der Waals surface area (Å²) >= 11 is 0. The van der Waals surface area contributed by atoms with Gasteiger partial charge in [0.25, 0.3) is 11.8 Å². The first-order valence-corrected chi connectivity index (χ1v) is 6.48. The van der Waals surface area contributed by atoms with E-state index in [0.717, 1.165) is 0 Å². The monoisotopic (exact) mass is 294 g/mol. The van der Waals surface area contributed by atoms with E-state index in [-0.39, 0.29) is 23.4 Å². The Kier molecular flexibility index (Phi) is 2.55. The highest BCUT2D eigenvalue weighted by Crippen LogP contribution is 2.32. The Morgan fingerprint density at radius 1 is 0.727 bits per heavy atom. The summed E-state index contributed by atoms with van der Waals surface area (Å²) < 4.78 is 3.19. The zero-order chi connectivity index (χ0) is 15.1. The molecule has 0 spiro atoms. The van der Waals surface area contributed by atoms with Gasteiger partial charge in [-0.15, -0.1) is 10.2 Å². The van der Waals surface area contributed by atoms with Crippen molar-refractivity contribution in [1.29, 1.82) is 0 Å². The molecule has 0 aliphatic heterocycles. The lowest BCUT2D eigenvalue weighted by molar-refractivity contribution is 0.455. The quantitative estimate of drug-likeness (QED) is 0.555. The van der Waals surface area contributed by atoms with Crippen molar-refractivity contribution in [3.8, 4) is 11.8 Å². The van der Waals surface area contributed by atoms with E-state index in [1.54, 1.807) is 57.6 Å². The number of fused-ring (bicyclic) bond motifs is 2. The van der Waals surface area contributed by atoms with Gasteiger partial charge in [-0.25, -0.2) is 0 Å². The molecule has 8 nitrogen and oxygen atoms in total. The highest BCUT2D eigenvalue weighted by Gasteiger charge is 2.13. The summed E-state index contributed by atoms with van der Waals surface area (Å²) in [5, 5.41) is 27.8. The predicted molar refractivity (Wildman–Crippen MR) is 77.9 cm³/mol. The minimum absolute atomic E-state index is 0.181. The van der Waals surface area contributed by atoms with Crippen LogP contribution in [0.25, 0.3) is 11.3 Å². The van der Waals surface area contributed by atoms with Crippen molar-refractivity contribution in [3.05, 3.63) is 48.8 Å². The lowest BCUT2D eigenvalue weighted by Crippen LogP contribution is -1.82. The van der Waals surface area contributed by atoms with Gasteiger partial charge in [0.1, 0.15) is 11.3 Å². The average molecular weight is 294 g/mol.